The van der Waals surface area contributed by atoms with Crippen molar-refractivity contribution in [3.05, 3.63) is 65.4 Å². The van der Waals surface area contributed by atoms with E-state index in [2.05, 4.69) is 10.5 Å². The molecule has 0 spiro atoms. The summed E-state index contributed by atoms with van der Waals surface area (Å²) in [5.41, 5.74) is 5.06. The molecule has 0 atom stereocenters. The molecule has 3 aromatic rings. The summed E-state index contributed by atoms with van der Waals surface area (Å²) in [7, 11) is 0. The largest absolute Gasteiger partial charge is 0.469 e. The number of carbonyl (C=O) groups is 1. The van der Waals surface area contributed by atoms with Gasteiger partial charge in [0.25, 0.3) is 0 Å². The normalized spacial score (nSPS) is 10.8. The number of nitrogens with zero attached hydrogens (tertiary/aromatic N) is 1. The average molecular weight is 354 g/mol. The number of carbonyl (C=O) groups excluding carboxylic acids is 1. The second-order valence-electron chi connectivity index (χ2n) is 6.07. The Balaban J connectivity index is 1.48. The van der Waals surface area contributed by atoms with Crippen LogP contribution in [-0.4, -0.2) is 17.5 Å². The monoisotopic (exact) mass is 354 g/mol. The Labute approximate surface area is 152 Å². The average Bonchev–Trinajstić information content (AvgIpc) is 3.25. The van der Waals surface area contributed by atoms with Gasteiger partial charge in [0.15, 0.2) is 0 Å². The van der Waals surface area contributed by atoms with E-state index in [1.165, 1.54) is 0 Å². The van der Waals surface area contributed by atoms with Gasteiger partial charge in [-0.2, -0.15) is 0 Å². The number of amides is 1. The highest BCUT2D eigenvalue weighted by Crippen LogP contribution is 2.24. The van der Waals surface area contributed by atoms with E-state index < -0.39 is 0 Å². The maximum atomic E-state index is 12.0. The van der Waals surface area contributed by atoms with Crippen LogP contribution in [0.4, 0.5) is 0 Å². The number of furan rings is 1. The first-order valence-electron chi connectivity index (χ1n) is 8.59. The minimum absolute atomic E-state index is 0.111. The van der Waals surface area contributed by atoms with E-state index in [4.69, 9.17) is 13.7 Å². The van der Waals surface area contributed by atoms with Crippen LogP contribution >= 0.6 is 0 Å². The molecule has 0 saturated heterocycles. The molecule has 2 heterocycles. The Hall–Kier alpha value is -2.86. The zero-order valence-electron chi connectivity index (χ0n) is 15.0. The third-order valence-electron chi connectivity index (χ3n) is 4.03. The van der Waals surface area contributed by atoms with Gasteiger partial charge in [-0.3, -0.25) is 9.63 Å². The van der Waals surface area contributed by atoms with Crippen molar-refractivity contribution in [2.24, 2.45) is 0 Å². The van der Waals surface area contributed by atoms with Crippen LogP contribution in [-0.2, 0) is 22.5 Å². The van der Waals surface area contributed by atoms with Gasteiger partial charge in [0.1, 0.15) is 11.5 Å². The van der Waals surface area contributed by atoms with Gasteiger partial charge in [-0.15, -0.1) is 0 Å². The summed E-state index contributed by atoms with van der Waals surface area (Å²) < 4.78 is 11.0. The van der Waals surface area contributed by atoms with E-state index in [0.717, 1.165) is 29.7 Å². The van der Waals surface area contributed by atoms with E-state index in [1.54, 1.807) is 6.26 Å². The van der Waals surface area contributed by atoms with Crippen LogP contribution in [0, 0.1) is 13.8 Å². The van der Waals surface area contributed by atoms with E-state index in [-0.39, 0.29) is 12.3 Å². The molecule has 0 fully saturated rings. The van der Waals surface area contributed by atoms with Crippen LogP contribution in [0.2, 0.25) is 0 Å². The standard InChI is InChI=1S/C20H22N2O4/c1-14-7-3-4-10-17(14)20-21-18(15(2)26-20)13-19(23)22-25-12-6-9-16-8-5-11-24-16/h3-5,7-8,10-11H,6,9,12-13H2,1-2H3,(H,22,23). The molecule has 26 heavy (non-hydrogen) atoms. The Morgan fingerprint density at radius 1 is 1.19 bits per heavy atom. The number of hydrogen-bond donors (Lipinski definition) is 1. The van der Waals surface area contributed by atoms with Crippen LogP contribution in [0.1, 0.15) is 29.2 Å². The smallest absolute Gasteiger partial charge is 0.249 e. The van der Waals surface area contributed by atoms with Gasteiger partial charge < -0.3 is 8.83 Å². The molecule has 2 aromatic heterocycles. The number of oxazole rings is 1. The fourth-order valence-corrected chi connectivity index (χ4v) is 2.61. The molecule has 6 nitrogen and oxygen atoms in total. The summed E-state index contributed by atoms with van der Waals surface area (Å²) >= 11 is 0. The highest BCUT2D eigenvalue weighted by Gasteiger charge is 2.15. The summed E-state index contributed by atoms with van der Waals surface area (Å²) in [6.45, 7) is 4.22. The minimum Gasteiger partial charge on any atom is -0.469 e. The highest BCUT2D eigenvalue weighted by atomic mass is 16.6. The van der Waals surface area contributed by atoms with Crippen molar-refractivity contribution < 1.29 is 18.5 Å². The van der Waals surface area contributed by atoms with Crippen LogP contribution in [0.25, 0.3) is 11.5 Å². The van der Waals surface area contributed by atoms with Crippen LogP contribution in [0.5, 0.6) is 0 Å². The number of benzene rings is 1. The molecule has 1 aromatic carbocycles. The summed E-state index contributed by atoms with van der Waals surface area (Å²) in [5, 5.41) is 0. The van der Waals surface area contributed by atoms with Gasteiger partial charge >= 0.3 is 0 Å². The van der Waals surface area contributed by atoms with Gasteiger partial charge in [0.05, 0.1) is 25.0 Å². The fourth-order valence-electron chi connectivity index (χ4n) is 2.61. The Morgan fingerprint density at radius 2 is 2.04 bits per heavy atom. The molecule has 0 radical (unpaired) electrons. The summed E-state index contributed by atoms with van der Waals surface area (Å²) in [6.07, 6.45) is 3.28. The van der Waals surface area contributed by atoms with Crippen molar-refractivity contribution in [3.63, 3.8) is 0 Å². The van der Waals surface area contributed by atoms with E-state index >= 15 is 0 Å². The first-order valence-corrected chi connectivity index (χ1v) is 8.59. The maximum Gasteiger partial charge on any atom is 0.249 e. The van der Waals surface area contributed by atoms with Gasteiger partial charge in [-0.1, -0.05) is 18.2 Å². The number of nitrogens with one attached hydrogen (secondary N) is 1. The Morgan fingerprint density at radius 3 is 2.81 bits per heavy atom. The lowest BCUT2D eigenvalue weighted by Gasteiger charge is -2.04. The molecule has 1 N–H and O–H groups in total. The van der Waals surface area contributed by atoms with Gasteiger partial charge in [0.2, 0.25) is 11.8 Å². The second-order valence-corrected chi connectivity index (χ2v) is 6.07. The number of hydroxylamine groups is 1. The van der Waals surface area contributed by atoms with Gasteiger partial charge in [-0.05, 0) is 44.0 Å². The lowest BCUT2D eigenvalue weighted by Crippen LogP contribution is -2.26. The molecule has 0 bridgehead atoms. The molecule has 0 aliphatic carbocycles. The third-order valence-corrected chi connectivity index (χ3v) is 4.03. The third kappa shape index (κ3) is 4.61. The van der Waals surface area contributed by atoms with Crippen molar-refractivity contribution in [1.29, 1.82) is 0 Å². The van der Waals surface area contributed by atoms with Crippen molar-refractivity contribution >= 4 is 5.91 Å². The van der Waals surface area contributed by atoms with Crippen molar-refractivity contribution in [2.75, 3.05) is 6.61 Å². The second kappa shape index (κ2) is 8.49. The lowest BCUT2D eigenvalue weighted by molar-refractivity contribution is -0.133. The molecular formula is C20H22N2O4. The Bertz CT molecular complexity index is 853. The van der Waals surface area contributed by atoms with E-state index in [0.29, 0.717) is 24.0 Å². The molecule has 0 unspecified atom stereocenters. The summed E-state index contributed by atoms with van der Waals surface area (Å²) in [4.78, 5) is 21.7. The van der Waals surface area contributed by atoms with Crippen molar-refractivity contribution in [2.45, 2.75) is 33.1 Å². The molecule has 0 aliphatic heterocycles. The molecular weight excluding hydrogens is 332 g/mol. The van der Waals surface area contributed by atoms with Gasteiger partial charge in [0, 0.05) is 12.0 Å². The summed E-state index contributed by atoms with van der Waals surface area (Å²) in [6, 6.07) is 11.6. The topological polar surface area (TPSA) is 77.5 Å². The highest BCUT2D eigenvalue weighted by molar-refractivity contribution is 5.77. The molecule has 0 saturated carbocycles. The molecule has 6 heteroatoms. The van der Waals surface area contributed by atoms with Crippen LogP contribution < -0.4 is 5.48 Å². The summed E-state index contributed by atoms with van der Waals surface area (Å²) in [5.74, 6) is 1.82. The van der Waals surface area contributed by atoms with Gasteiger partial charge in [-0.25, -0.2) is 10.5 Å². The van der Waals surface area contributed by atoms with Crippen LogP contribution in [0.3, 0.4) is 0 Å². The zero-order chi connectivity index (χ0) is 18.4. The SMILES string of the molecule is Cc1ccccc1-c1nc(CC(=O)NOCCCc2ccco2)c(C)o1. The molecule has 3 rings (SSSR count). The predicted molar refractivity (Wildman–Crippen MR) is 96.2 cm³/mol. The number of hydrogen-bond acceptors (Lipinski definition) is 5. The van der Waals surface area contributed by atoms with Crippen molar-refractivity contribution in [1.82, 2.24) is 10.5 Å². The van der Waals surface area contributed by atoms with Crippen LogP contribution in [0.15, 0.2) is 51.5 Å². The van der Waals surface area contributed by atoms with Crippen molar-refractivity contribution in [3.8, 4) is 11.5 Å². The first kappa shape index (κ1) is 17.9. The number of aryl methyl sites for hydroxylation is 3. The fraction of sp³-hybridized carbons (Fsp3) is 0.300. The number of aromatic nitrogens is 1. The first-order chi connectivity index (χ1) is 12.6. The predicted octanol–water partition coefficient (Wildman–Crippen LogP) is 3.77. The Kier molecular flexibility index (Phi) is 5.86. The van der Waals surface area contributed by atoms with E-state index in [1.807, 2.05) is 50.2 Å². The zero-order valence-corrected chi connectivity index (χ0v) is 15.0. The maximum absolute atomic E-state index is 12.0. The lowest BCUT2D eigenvalue weighted by atomic mass is 10.1. The molecule has 136 valence electrons. The minimum atomic E-state index is -0.254. The number of rotatable bonds is 8. The molecule has 1 amide bonds. The van der Waals surface area contributed by atoms with E-state index in [9.17, 15) is 4.79 Å². The molecule has 0 aliphatic rings. The quantitative estimate of drug-likeness (QED) is 0.492.